The number of anilines is 1. The number of esters is 1. The van der Waals surface area contributed by atoms with Gasteiger partial charge >= 0.3 is 5.97 Å². The van der Waals surface area contributed by atoms with Gasteiger partial charge in [-0.05, 0) is 43.3 Å². The van der Waals surface area contributed by atoms with E-state index in [9.17, 15) is 19.2 Å². The molecule has 1 heterocycles. The number of carbonyl (C=O) groups is 3. The maximum atomic E-state index is 13.0. The van der Waals surface area contributed by atoms with E-state index in [-0.39, 0.29) is 30.2 Å². The van der Waals surface area contributed by atoms with Crippen LogP contribution in [0.3, 0.4) is 0 Å². The zero-order chi connectivity index (χ0) is 23.3. The number of thioether (sulfide) groups is 1. The highest BCUT2D eigenvalue weighted by Crippen LogP contribution is 2.26. The molecule has 0 saturated carbocycles. The third kappa shape index (κ3) is 5.42. The van der Waals surface area contributed by atoms with Crippen molar-refractivity contribution in [3.63, 3.8) is 0 Å². The molecule has 1 N–H and O–H groups in total. The fourth-order valence-electron chi connectivity index (χ4n) is 3.11. The van der Waals surface area contributed by atoms with E-state index >= 15 is 0 Å². The summed E-state index contributed by atoms with van der Waals surface area (Å²) in [6, 6.07) is 13.6. The lowest BCUT2D eigenvalue weighted by Gasteiger charge is -2.16. The van der Waals surface area contributed by atoms with Crippen molar-refractivity contribution in [2.45, 2.75) is 37.2 Å². The molecule has 1 unspecified atom stereocenters. The predicted molar refractivity (Wildman–Crippen MR) is 123 cm³/mol. The van der Waals surface area contributed by atoms with Gasteiger partial charge in [0.1, 0.15) is 0 Å². The number of hydrogen-bond acceptors (Lipinski definition) is 7. The Balaban J connectivity index is 1.88. The van der Waals surface area contributed by atoms with Crippen LogP contribution in [0.5, 0.6) is 0 Å². The van der Waals surface area contributed by atoms with E-state index in [2.05, 4.69) is 15.0 Å². The molecule has 1 aromatic heterocycles. The summed E-state index contributed by atoms with van der Waals surface area (Å²) in [5.74, 6) is -0.781. The third-order valence-electron chi connectivity index (χ3n) is 4.74. The highest BCUT2D eigenvalue weighted by Gasteiger charge is 2.21. The van der Waals surface area contributed by atoms with Crippen LogP contribution in [-0.4, -0.2) is 39.6 Å². The number of fused-ring (bicyclic) bond motifs is 1. The molecule has 0 radical (unpaired) electrons. The summed E-state index contributed by atoms with van der Waals surface area (Å²) in [5.41, 5.74) is 1.32. The first kappa shape index (κ1) is 23.2. The van der Waals surface area contributed by atoms with Crippen LogP contribution in [-0.2, 0) is 20.9 Å². The van der Waals surface area contributed by atoms with Gasteiger partial charge in [-0.2, -0.15) is 0 Å². The quantitative estimate of drug-likeness (QED) is 0.241. The number of nitrogens with zero attached hydrogens (tertiary/aromatic N) is 2. The van der Waals surface area contributed by atoms with E-state index in [0.29, 0.717) is 27.3 Å². The summed E-state index contributed by atoms with van der Waals surface area (Å²) < 4.78 is 6.10. The molecule has 1 amide bonds. The van der Waals surface area contributed by atoms with Gasteiger partial charge < -0.3 is 10.1 Å². The number of para-hydroxylation sites is 1. The summed E-state index contributed by atoms with van der Waals surface area (Å²) in [4.78, 5) is 53.4. The molecule has 2 aromatic carbocycles. The Bertz CT molecular complexity index is 1220. The molecule has 9 heteroatoms. The summed E-state index contributed by atoms with van der Waals surface area (Å²) >= 11 is 1.16. The summed E-state index contributed by atoms with van der Waals surface area (Å²) in [5, 5.41) is 2.91. The van der Waals surface area contributed by atoms with Crippen molar-refractivity contribution in [2.24, 2.45) is 0 Å². The zero-order valence-electron chi connectivity index (χ0n) is 18.0. The first-order chi connectivity index (χ1) is 15.3. The lowest BCUT2D eigenvalue weighted by Crippen LogP contribution is -2.26. The molecule has 0 saturated heterocycles. The molecular weight excluding hydrogens is 430 g/mol. The highest BCUT2D eigenvalue weighted by atomic mass is 32.2. The summed E-state index contributed by atoms with van der Waals surface area (Å²) in [6.07, 6.45) is 0.0108. The summed E-state index contributed by atoms with van der Waals surface area (Å²) in [6.45, 7) is 3.24. The van der Waals surface area contributed by atoms with Crippen molar-refractivity contribution in [2.75, 3.05) is 12.4 Å². The zero-order valence-corrected chi connectivity index (χ0v) is 18.8. The molecule has 1 atom stereocenters. The van der Waals surface area contributed by atoms with Crippen molar-refractivity contribution >= 4 is 46.0 Å². The average molecular weight is 454 g/mol. The van der Waals surface area contributed by atoms with Crippen LogP contribution < -0.4 is 10.9 Å². The fourth-order valence-corrected chi connectivity index (χ4v) is 4.12. The maximum absolute atomic E-state index is 13.0. The number of amides is 1. The lowest BCUT2D eigenvalue weighted by atomic mass is 10.1. The van der Waals surface area contributed by atoms with Gasteiger partial charge in [-0.25, -0.2) is 4.98 Å². The number of hydrogen-bond donors (Lipinski definition) is 1. The molecule has 32 heavy (non-hydrogen) atoms. The second-order valence-corrected chi connectivity index (χ2v) is 8.39. The van der Waals surface area contributed by atoms with Gasteiger partial charge in [0.15, 0.2) is 10.9 Å². The van der Waals surface area contributed by atoms with Gasteiger partial charge in [-0.3, -0.25) is 23.7 Å². The van der Waals surface area contributed by atoms with Crippen molar-refractivity contribution in [3.05, 3.63) is 64.4 Å². The SMILES string of the molecule is COC(=O)CCn1c(SC(C)C(=O)c2ccc(NC(C)=O)cc2)nc2ccccc2c1=O. The molecule has 3 rings (SSSR count). The first-order valence-corrected chi connectivity index (χ1v) is 10.8. The van der Waals surface area contributed by atoms with E-state index in [1.165, 1.54) is 18.6 Å². The second-order valence-electron chi connectivity index (χ2n) is 7.08. The number of benzene rings is 2. The van der Waals surface area contributed by atoms with Gasteiger partial charge in [0.2, 0.25) is 5.91 Å². The van der Waals surface area contributed by atoms with Crippen LogP contribution in [0.25, 0.3) is 10.9 Å². The Kier molecular flexibility index (Phi) is 7.42. The van der Waals surface area contributed by atoms with E-state index < -0.39 is 11.2 Å². The average Bonchev–Trinajstić information content (AvgIpc) is 2.78. The first-order valence-electron chi connectivity index (χ1n) is 9.95. The smallest absolute Gasteiger partial charge is 0.307 e. The van der Waals surface area contributed by atoms with Crippen LogP contribution >= 0.6 is 11.8 Å². The second kappa shape index (κ2) is 10.2. The number of ether oxygens (including phenoxy) is 1. The Morgan fingerprint density at radius 1 is 1.12 bits per heavy atom. The molecular formula is C23H23N3O5S. The van der Waals surface area contributed by atoms with E-state index in [1.54, 1.807) is 55.5 Å². The molecule has 0 fully saturated rings. The van der Waals surface area contributed by atoms with Crippen LogP contribution in [0.15, 0.2) is 58.5 Å². The topological polar surface area (TPSA) is 107 Å². The number of Topliss-reactive ketones (excluding diaryl/α,β-unsaturated/α-hetero) is 1. The van der Waals surface area contributed by atoms with Crippen molar-refractivity contribution in [3.8, 4) is 0 Å². The van der Waals surface area contributed by atoms with E-state index in [0.717, 1.165) is 11.8 Å². The normalized spacial score (nSPS) is 11.7. The van der Waals surface area contributed by atoms with Crippen LogP contribution in [0, 0.1) is 0 Å². The molecule has 0 aliphatic rings. The molecule has 0 aliphatic carbocycles. The maximum Gasteiger partial charge on any atom is 0.307 e. The third-order valence-corrected chi connectivity index (χ3v) is 5.83. The molecule has 0 spiro atoms. The van der Waals surface area contributed by atoms with Crippen LogP contribution in [0.2, 0.25) is 0 Å². The molecule has 166 valence electrons. The van der Waals surface area contributed by atoms with Crippen molar-refractivity contribution < 1.29 is 19.1 Å². The number of nitrogens with one attached hydrogen (secondary N) is 1. The standard InChI is InChI=1S/C23H23N3O5S/c1-14(21(29)16-8-10-17(11-9-16)24-15(2)27)32-23-25-19-7-5-4-6-18(19)22(30)26(23)13-12-20(28)31-3/h4-11,14H,12-13H2,1-3H3,(H,24,27). The fraction of sp³-hybridized carbons (Fsp3) is 0.261. The van der Waals surface area contributed by atoms with E-state index in [4.69, 9.17) is 0 Å². The predicted octanol–water partition coefficient (Wildman–Crippen LogP) is 3.28. The lowest BCUT2D eigenvalue weighted by molar-refractivity contribution is -0.140. The van der Waals surface area contributed by atoms with Gasteiger partial charge in [0.05, 0.1) is 29.7 Å². The number of rotatable bonds is 8. The Morgan fingerprint density at radius 2 is 1.81 bits per heavy atom. The molecule has 8 nitrogen and oxygen atoms in total. The number of aromatic nitrogens is 2. The monoisotopic (exact) mass is 453 g/mol. The van der Waals surface area contributed by atoms with Gasteiger partial charge in [-0.15, -0.1) is 0 Å². The minimum absolute atomic E-state index is 0.0108. The van der Waals surface area contributed by atoms with Gasteiger partial charge in [-0.1, -0.05) is 23.9 Å². The Labute approximate surface area is 189 Å². The Morgan fingerprint density at radius 3 is 2.47 bits per heavy atom. The molecule has 0 aliphatic heterocycles. The largest absolute Gasteiger partial charge is 0.469 e. The van der Waals surface area contributed by atoms with Crippen LogP contribution in [0.1, 0.15) is 30.6 Å². The molecule has 3 aromatic rings. The number of carbonyl (C=O) groups excluding carboxylic acids is 3. The minimum Gasteiger partial charge on any atom is -0.469 e. The number of methoxy groups -OCH3 is 1. The number of ketones is 1. The Hall–Kier alpha value is -3.46. The van der Waals surface area contributed by atoms with Gasteiger partial charge in [0.25, 0.3) is 5.56 Å². The summed E-state index contributed by atoms with van der Waals surface area (Å²) in [7, 11) is 1.29. The van der Waals surface area contributed by atoms with Gasteiger partial charge in [0, 0.05) is 24.7 Å². The molecule has 0 bridgehead atoms. The highest BCUT2D eigenvalue weighted by molar-refractivity contribution is 8.00. The minimum atomic E-state index is -0.543. The van der Waals surface area contributed by atoms with E-state index in [1.807, 2.05) is 0 Å². The van der Waals surface area contributed by atoms with Crippen LogP contribution in [0.4, 0.5) is 5.69 Å². The van der Waals surface area contributed by atoms with Crippen molar-refractivity contribution in [1.82, 2.24) is 9.55 Å². The van der Waals surface area contributed by atoms with Crippen molar-refractivity contribution in [1.29, 1.82) is 0 Å².